The van der Waals surface area contributed by atoms with Crippen molar-refractivity contribution in [3.05, 3.63) is 24.0 Å². The summed E-state index contributed by atoms with van der Waals surface area (Å²) < 4.78 is 5.36. The van der Waals surface area contributed by atoms with Crippen LogP contribution < -0.4 is 5.32 Å². The maximum absolute atomic E-state index is 9.14. The van der Waals surface area contributed by atoms with E-state index in [1.807, 2.05) is 6.07 Å². The smallest absolute Gasteiger partial charge is 0.133 e. The van der Waals surface area contributed by atoms with Gasteiger partial charge in [0.15, 0.2) is 0 Å². The van der Waals surface area contributed by atoms with Gasteiger partial charge < -0.3 is 15.2 Å². The van der Waals surface area contributed by atoms with Gasteiger partial charge in [0.1, 0.15) is 5.75 Å². The summed E-state index contributed by atoms with van der Waals surface area (Å²) in [5.74, 6) is 0.909. The highest BCUT2D eigenvalue weighted by molar-refractivity contribution is 5.17. The molecule has 2 heterocycles. The molecule has 0 aromatic carbocycles. The highest BCUT2D eigenvalue weighted by Crippen LogP contribution is 2.18. The van der Waals surface area contributed by atoms with Crippen LogP contribution in [0.3, 0.4) is 0 Å². The molecule has 1 aliphatic rings. The molecule has 1 fully saturated rings. The molecular formula is C13H20N2O2. The Balaban J connectivity index is 1.78. The number of pyridine rings is 1. The highest BCUT2D eigenvalue weighted by Gasteiger charge is 2.19. The Hall–Kier alpha value is -1.13. The molecule has 0 aliphatic carbocycles. The van der Waals surface area contributed by atoms with Crippen LogP contribution in [0.25, 0.3) is 0 Å². The first-order valence-corrected chi connectivity index (χ1v) is 6.21. The first-order valence-electron chi connectivity index (χ1n) is 6.21. The van der Waals surface area contributed by atoms with E-state index in [1.54, 1.807) is 6.07 Å². The second kappa shape index (κ2) is 5.98. The van der Waals surface area contributed by atoms with Crippen LogP contribution in [0.1, 0.15) is 25.5 Å². The molecule has 94 valence electrons. The van der Waals surface area contributed by atoms with Gasteiger partial charge in [0.25, 0.3) is 0 Å². The van der Waals surface area contributed by atoms with E-state index in [9.17, 15) is 0 Å². The molecule has 1 unspecified atom stereocenters. The van der Waals surface area contributed by atoms with Gasteiger partial charge >= 0.3 is 0 Å². The second-order valence-corrected chi connectivity index (χ2v) is 4.63. The van der Waals surface area contributed by atoms with Crippen LogP contribution in [0, 0.1) is 5.92 Å². The lowest BCUT2D eigenvalue weighted by molar-refractivity contribution is 0.0557. The number of nitrogens with one attached hydrogen (secondary N) is 1. The van der Waals surface area contributed by atoms with Gasteiger partial charge in [-0.15, -0.1) is 0 Å². The summed E-state index contributed by atoms with van der Waals surface area (Å²) in [5.41, 5.74) is 0.960. The molecule has 17 heavy (non-hydrogen) atoms. The van der Waals surface area contributed by atoms with Crippen molar-refractivity contribution in [2.45, 2.75) is 32.4 Å². The third kappa shape index (κ3) is 3.68. The Bertz CT molecular complexity index is 334. The van der Waals surface area contributed by atoms with Gasteiger partial charge in [0.2, 0.25) is 0 Å². The van der Waals surface area contributed by atoms with Crippen molar-refractivity contribution in [3.8, 4) is 5.75 Å². The third-order valence-corrected chi connectivity index (χ3v) is 3.39. The van der Waals surface area contributed by atoms with E-state index in [4.69, 9.17) is 9.84 Å². The zero-order valence-corrected chi connectivity index (χ0v) is 10.2. The van der Waals surface area contributed by atoms with E-state index in [0.717, 1.165) is 38.3 Å². The van der Waals surface area contributed by atoms with E-state index in [2.05, 4.69) is 17.2 Å². The topological polar surface area (TPSA) is 54.4 Å². The highest BCUT2D eigenvalue weighted by atomic mass is 16.5. The number of aromatic hydroxyl groups is 1. The lowest BCUT2D eigenvalue weighted by Crippen LogP contribution is -2.36. The molecule has 0 spiro atoms. The van der Waals surface area contributed by atoms with Gasteiger partial charge in [0.05, 0.1) is 11.9 Å². The molecule has 1 saturated heterocycles. The summed E-state index contributed by atoms with van der Waals surface area (Å²) in [6, 6.07) is 4.00. The minimum atomic E-state index is 0.214. The summed E-state index contributed by atoms with van der Waals surface area (Å²) >= 11 is 0. The zero-order chi connectivity index (χ0) is 12.1. The molecule has 1 atom stereocenters. The molecule has 4 heteroatoms. The molecule has 1 aromatic heterocycles. The van der Waals surface area contributed by atoms with E-state index >= 15 is 0 Å². The van der Waals surface area contributed by atoms with Crippen molar-refractivity contribution >= 4 is 0 Å². The number of hydrogen-bond donors (Lipinski definition) is 2. The average Bonchev–Trinajstić information content (AvgIpc) is 2.39. The lowest BCUT2D eigenvalue weighted by atomic mass is 9.93. The van der Waals surface area contributed by atoms with Crippen molar-refractivity contribution < 1.29 is 9.84 Å². The van der Waals surface area contributed by atoms with Crippen LogP contribution in [-0.2, 0) is 11.3 Å². The Morgan fingerprint density at radius 1 is 1.47 bits per heavy atom. The first kappa shape index (κ1) is 12.3. The maximum atomic E-state index is 9.14. The Labute approximate surface area is 102 Å². The van der Waals surface area contributed by atoms with Gasteiger partial charge in [0, 0.05) is 25.8 Å². The minimum Gasteiger partial charge on any atom is -0.506 e. The van der Waals surface area contributed by atoms with Crippen LogP contribution >= 0.6 is 0 Å². The molecule has 0 amide bonds. The van der Waals surface area contributed by atoms with Gasteiger partial charge in [-0.25, -0.2) is 0 Å². The summed E-state index contributed by atoms with van der Waals surface area (Å²) in [5, 5.41) is 12.6. The molecule has 2 rings (SSSR count). The second-order valence-electron chi connectivity index (χ2n) is 4.63. The van der Waals surface area contributed by atoms with Crippen molar-refractivity contribution in [1.82, 2.24) is 10.3 Å². The van der Waals surface area contributed by atoms with E-state index in [1.165, 1.54) is 6.20 Å². The molecule has 0 bridgehead atoms. The number of nitrogens with zero attached hydrogens (tertiary/aromatic N) is 1. The fourth-order valence-corrected chi connectivity index (χ4v) is 2.17. The molecule has 0 radical (unpaired) electrons. The molecular weight excluding hydrogens is 216 g/mol. The first-order chi connectivity index (χ1) is 8.25. The Morgan fingerprint density at radius 2 is 2.24 bits per heavy atom. The van der Waals surface area contributed by atoms with Gasteiger partial charge in [-0.3, -0.25) is 4.98 Å². The lowest BCUT2D eigenvalue weighted by Gasteiger charge is -2.28. The van der Waals surface area contributed by atoms with Crippen LogP contribution in [0.5, 0.6) is 5.75 Å². The maximum Gasteiger partial charge on any atom is 0.133 e. The van der Waals surface area contributed by atoms with Crippen LogP contribution in [-0.4, -0.2) is 29.3 Å². The van der Waals surface area contributed by atoms with Gasteiger partial charge in [-0.05, 0) is 37.8 Å². The Morgan fingerprint density at radius 3 is 2.88 bits per heavy atom. The largest absolute Gasteiger partial charge is 0.506 e. The summed E-state index contributed by atoms with van der Waals surface area (Å²) in [4.78, 5) is 4.16. The zero-order valence-electron chi connectivity index (χ0n) is 10.2. The van der Waals surface area contributed by atoms with Crippen molar-refractivity contribution in [3.63, 3.8) is 0 Å². The quantitative estimate of drug-likeness (QED) is 0.835. The molecule has 1 aliphatic heterocycles. The van der Waals surface area contributed by atoms with Crippen molar-refractivity contribution in [2.24, 2.45) is 5.92 Å². The Kier molecular flexibility index (Phi) is 4.34. The summed E-state index contributed by atoms with van der Waals surface area (Å²) in [6.07, 6.45) is 3.75. The van der Waals surface area contributed by atoms with Crippen molar-refractivity contribution in [2.75, 3.05) is 13.2 Å². The third-order valence-electron chi connectivity index (χ3n) is 3.39. The standard InChI is InChI=1S/C13H20N2O2/c1-10(11-4-6-17-7-5-11)14-8-12-2-3-13(16)9-15-12/h2-3,9-11,14,16H,4-8H2,1H3. The monoisotopic (exact) mass is 236 g/mol. The minimum absolute atomic E-state index is 0.214. The SMILES string of the molecule is CC(NCc1ccc(O)cn1)C1CCOCC1. The molecule has 2 N–H and O–H groups in total. The van der Waals surface area contributed by atoms with E-state index in [0.29, 0.717) is 12.0 Å². The van der Waals surface area contributed by atoms with Gasteiger partial charge in [-0.2, -0.15) is 0 Å². The van der Waals surface area contributed by atoms with Crippen molar-refractivity contribution in [1.29, 1.82) is 0 Å². The molecule has 4 nitrogen and oxygen atoms in total. The van der Waals surface area contributed by atoms with E-state index < -0.39 is 0 Å². The normalized spacial score (nSPS) is 19.1. The summed E-state index contributed by atoms with van der Waals surface area (Å²) in [6.45, 7) is 4.73. The number of ether oxygens (including phenoxy) is 1. The predicted molar refractivity (Wildman–Crippen MR) is 65.7 cm³/mol. The van der Waals surface area contributed by atoms with E-state index in [-0.39, 0.29) is 5.75 Å². The predicted octanol–water partition coefficient (Wildman–Crippen LogP) is 1.69. The van der Waals surface area contributed by atoms with Gasteiger partial charge in [-0.1, -0.05) is 0 Å². The van der Waals surface area contributed by atoms with Crippen LogP contribution in [0.4, 0.5) is 0 Å². The number of rotatable bonds is 4. The fourth-order valence-electron chi connectivity index (χ4n) is 2.17. The fraction of sp³-hybridized carbons (Fsp3) is 0.615. The number of hydrogen-bond acceptors (Lipinski definition) is 4. The average molecular weight is 236 g/mol. The number of aromatic nitrogens is 1. The van der Waals surface area contributed by atoms with Crippen LogP contribution in [0.15, 0.2) is 18.3 Å². The molecule has 0 saturated carbocycles. The molecule has 1 aromatic rings. The summed E-state index contributed by atoms with van der Waals surface area (Å²) in [7, 11) is 0. The van der Waals surface area contributed by atoms with Crippen LogP contribution in [0.2, 0.25) is 0 Å².